The molecule has 0 aromatic heterocycles. The predicted molar refractivity (Wildman–Crippen MR) is 160 cm³/mol. The summed E-state index contributed by atoms with van der Waals surface area (Å²) in [6, 6.07) is 0. The van der Waals surface area contributed by atoms with Crippen LogP contribution in [0.25, 0.3) is 0 Å². The van der Waals surface area contributed by atoms with Gasteiger partial charge >= 0.3 is 5.97 Å². The fourth-order valence-corrected chi connectivity index (χ4v) is 7.80. The Kier molecular flexibility index (Phi) is 10.3. The van der Waals surface area contributed by atoms with E-state index in [1.165, 1.54) is 36.8 Å². The van der Waals surface area contributed by atoms with Crippen molar-refractivity contribution in [3.05, 3.63) is 47.6 Å². The number of ether oxygens (including phenoxy) is 2. The summed E-state index contributed by atoms with van der Waals surface area (Å²) < 4.78 is 11.4. The molecule has 42 heavy (non-hydrogen) atoms. The molecule has 0 amide bonds. The molecule has 8 nitrogen and oxygen atoms in total. The van der Waals surface area contributed by atoms with Gasteiger partial charge in [0.25, 0.3) is 0 Å². The van der Waals surface area contributed by atoms with Crippen LogP contribution in [0.4, 0.5) is 0 Å². The summed E-state index contributed by atoms with van der Waals surface area (Å²) in [5, 5.41) is 50.1. The first-order valence-corrected chi connectivity index (χ1v) is 15.7. The zero-order chi connectivity index (χ0) is 31.0. The topological polar surface area (TPSA) is 137 Å². The van der Waals surface area contributed by atoms with Crippen molar-refractivity contribution in [1.29, 1.82) is 0 Å². The number of rotatable bonds is 8. The standard InChI is InChI=1S/C34H52O8/c1-19-10-14-24(35)18-23(19)13-12-22-8-7-17-34(6)25(15-16-26(22)34)20(2)9-11-21(3)33(4,5)42-32-29(38)27(36)28(37)30(41-32)31(39)40/h9,11-13,20-21,24-30,32,35-38H,1,7-8,10,14-18H2,2-6H3,(H,39,40)/b11-9+,22-12+,23-13-/t20-,21+,24?,25-,26?,27+,28+,29-,30+,32+,34-/m1/s1. The third-order valence-corrected chi connectivity index (χ3v) is 10.9. The number of hydrogen-bond acceptors (Lipinski definition) is 7. The van der Waals surface area contributed by atoms with Crippen LogP contribution in [0.15, 0.2) is 47.6 Å². The van der Waals surface area contributed by atoms with Crippen molar-refractivity contribution < 1.29 is 39.8 Å². The van der Waals surface area contributed by atoms with Gasteiger partial charge in [-0.05, 0) is 94.0 Å². The molecule has 5 N–H and O–H groups in total. The van der Waals surface area contributed by atoms with Crippen molar-refractivity contribution >= 4 is 5.97 Å². The molecule has 0 spiro atoms. The molecule has 0 aromatic carbocycles. The molecule has 0 radical (unpaired) electrons. The summed E-state index contributed by atoms with van der Waals surface area (Å²) in [4.78, 5) is 11.5. The lowest BCUT2D eigenvalue weighted by atomic mass is 9.61. The molecule has 4 fully saturated rings. The molecule has 1 aliphatic heterocycles. The van der Waals surface area contributed by atoms with E-state index in [2.05, 4.69) is 44.7 Å². The van der Waals surface area contributed by atoms with Crippen molar-refractivity contribution in [2.75, 3.05) is 0 Å². The van der Waals surface area contributed by atoms with Gasteiger partial charge in [-0.2, -0.15) is 0 Å². The molecule has 4 aliphatic rings. The van der Waals surface area contributed by atoms with Crippen LogP contribution in [0.2, 0.25) is 0 Å². The molecule has 0 bridgehead atoms. The van der Waals surface area contributed by atoms with Crippen molar-refractivity contribution in [1.82, 2.24) is 0 Å². The van der Waals surface area contributed by atoms with Gasteiger partial charge in [0.1, 0.15) is 18.3 Å². The fraction of sp³-hybridized carbons (Fsp3) is 0.735. The van der Waals surface area contributed by atoms with E-state index in [-0.39, 0.29) is 17.4 Å². The second kappa shape index (κ2) is 13.0. The van der Waals surface area contributed by atoms with Gasteiger partial charge in [-0.3, -0.25) is 0 Å². The number of aliphatic carboxylic acids is 1. The Morgan fingerprint density at radius 2 is 1.76 bits per heavy atom. The van der Waals surface area contributed by atoms with Gasteiger partial charge in [0.2, 0.25) is 0 Å². The summed E-state index contributed by atoms with van der Waals surface area (Å²) in [5.74, 6) is -0.110. The lowest BCUT2D eigenvalue weighted by Crippen LogP contribution is -2.61. The lowest BCUT2D eigenvalue weighted by molar-refractivity contribution is -0.319. The average Bonchev–Trinajstić information content (AvgIpc) is 3.29. The van der Waals surface area contributed by atoms with Gasteiger partial charge in [-0.15, -0.1) is 0 Å². The SMILES string of the molecule is C=C1CCC(O)C/C1=C/C=C1\CCC[C@@]2(C)C1CC[C@@H]2[C@H](C)/C=C/[C@H](C)C(C)(C)O[C@@H]1O[C@H](C(=O)O)[C@@H](O)[C@H](O)[C@H]1O. The summed E-state index contributed by atoms with van der Waals surface area (Å²) in [6.45, 7) is 14.7. The average molecular weight is 589 g/mol. The first-order valence-electron chi connectivity index (χ1n) is 15.7. The van der Waals surface area contributed by atoms with Crippen molar-refractivity contribution in [2.45, 2.75) is 128 Å². The second-order valence-corrected chi connectivity index (χ2v) is 14.0. The molecule has 2 unspecified atom stereocenters. The molecule has 11 atom stereocenters. The molecule has 3 aliphatic carbocycles. The number of fused-ring (bicyclic) bond motifs is 1. The Morgan fingerprint density at radius 1 is 1.05 bits per heavy atom. The maximum absolute atomic E-state index is 11.5. The molecule has 1 heterocycles. The normalized spacial score (nSPS) is 41.3. The number of carbonyl (C=O) groups is 1. The molecule has 0 aromatic rings. The maximum Gasteiger partial charge on any atom is 0.335 e. The van der Waals surface area contributed by atoms with E-state index in [0.717, 1.165) is 24.8 Å². The molecule has 4 rings (SSSR count). The summed E-state index contributed by atoms with van der Waals surface area (Å²) in [6.07, 6.45) is 8.80. The van der Waals surface area contributed by atoms with Crippen LogP contribution in [-0.4, -0.2) is 73.9 Å². The maximum atomic E-state index is 11.5. The first-order chi connectivity index (χ1) is 19.7. The Bertz CT molecular complexity index is 1090. The van der Waals surface area contributed by atoms with Crippen LogP contribution in [0.3, 0.4) is 0 Å². The largest absolute Gasteiger partial charge is 0.479 e. The Morgan fingerprint density at radius 3 is 2.45 bits per heavy atom. The van der Waals surface area contributed by atoms with Gasteiger partial charge in [0.15, 0.2) is 12.4 Å². The van der Waals surface area contributed by atoms with Gasteiger partial charge in [-0.25, -0.2) is 4.79 Å². The zero-order valence-corrected chi connectivity index (χ0v) is 25.9. The number of allylic oxidation sites excluding steroid dienone is 5. The third kappa shape index (κ3) is 6.79. The number of carboxylic acids is 1. The van der Waals surface area contributed by atoms with Crippen LogP contribution in [0.5, 0.6) is 0 Å². The summed E-state index contributed by atoms with van der Waals surface area (Å²) >= 11 is 0. The van der Waals surface area contributed by atoms with Gasteiger partial charge in [-0.1, -0.05) is 62.8 Å². The minimum Gasteiger partial charge on any atom is -0.479 e. The quantitative estimate of drug-likeness (QED) is 0.258. The lowest BCUT2D eigenvalue weighted by Gasteiger charge is -2.44. The monoisotopic (exact) mass is 588 g/mol. The molecular weight excluding hydrogens is 536 g/mol. The molecule has 236 valence electrons. The van der Waals surface area contributed by atoms with E-state index >= 15 is 0 Å². The first kappa shape index (κ1) is 33.1. The highest BCUT2D eigenvalue weighted by Gasteiger charge is 2.51. The Labute approximate surface area is 250 Å². The van der Waals surface area contributed by atoms with E-state index in [0.29, 0.717) is 24.2 Å². The Hall–Kier alpha value is -1.81. The van der Waals surface area contributed by atoms with E-state index in [9.17, 15) is 30.3 Å². The van der Waals surface area contributed by atoms with E-state index in [1.54, 1.807) is 0 Å². The highest BCUT2D eigenvalue weighted by Crippen LogP contribution is 2.59. The van der Waals surface area contributed by atoms with Gasteiger partial charge in [0, 0.05) is 5.92 Å². The van der Waals surface area contributed by atoms with Crippen molar-refractivity contribution in [3.63, 3.8) is 0 Å². The Balaban J connectivity index is 1.41. The molecule has 3 saturated carbocycles. The predicted octanol–water partition coefficient (Wildman–Crippen LogP) is 4.67. The summed E-state index contributed by atoms with van der Waals surface area (Å²) in [7, 11) is 0. The minimum atomic E-state index is -1.75. The number of aliphatic hydroxyl groups is 4. The number of carboxylic acid groups (broad SMARTS) is 1. The van der Waals surface area contributed by atoms with E-state index < -0.39 is 42.3 Å². The second-order valence-electron chi connectivity index (χ2n) is 14.0. The number of aliphatic hydroxyl groups excluding tert-OH is 4. The third-order valence-electron chi connectivity index (χ3n) is 10.9. The van der Waals surface area contributed by atoms with Crippen LogP contribution in [0.1, 0.15) is 86.0 Å². The molecule has 1 saturated heterocycles. The smallest absolute Gasteiger partial charge is 0.335 e. The summed E-state index contributed by atoms with van der Waals surface area (Å²) in [5.41, 5.74) is 3.24. The minimum absolute atomic E-state index is 0.111. The molecule has 8 heteroatoms. The molecular formula is C34H52O8. The van der Waals surface area contributed by atoms with Gasteiger partial charge < -0.3 is 35.0 Å². The van der Waals surface area contributed by atoms with Gasteiger partial charge in [0.05, 0.1) is 11.7 Å². The van der Waals surface area contributed by atoms with Crippen LogP contribution >= 0.6 is 0 Å². The van der Waals surface area contributed by atoms with E-state index in [1.807, 2.05) is 20.8 Å². The van der Waals surface area contributed by atoms with Crippen molar-refractivity contribution in [3.8, 4) is 0 Å². The van der Waals surface area contributed by atoms with Crippen LogP contribution < -0.4 is 0 Å². The highest BCUT2D eigenvalue weighted by molar-refractivity contribution is 5.73. The zero-order valence-electron chi connectivity index (χ0n) is 25.9. The van der Waals surface area contributed by atoms with Crippen LogP contribution in [-0.2, 0) is 14.3 Å². The fourth-order valence-electron chi connectivity index (χ4n) is 7.80. The van der Waals surface area contributed by atoms with E-state index in [4.69, 9.17) is 9.47 Å². The number of hydrogen-bond donors (Lipinski definition) is 5. The highest BCUT2D eigenvalue weighted by atomic mass is 16.7. The van der Waals surface area contributed by atoms with Crippen LogP contribution in [0, 0.1) is 29.1 Å². The van der Waals surface area contributed by atoms with Crippen molar-refractivity contribution in [2.24, 2.45) is 29.1 Å².